The van der Waals surface area contributed by atoms with Gasteiger partial charge in [0.05, 0.1) is 6.61 Å². The average Bonchev–Trinajstić information content (AvgIpc) is 2.33. The van der Waals surface area contributed by atoms with Gasteiger partial charge in [0.25, 0.3) is 0 Å². The molecule has 0 fully saturated rings. The van der Waals surface area contributed by atoms with E-state index in [1.807, 2.05) is 12.1 Å². The van der Waals surface area contributed by atoms with Crippen LogP contribution in [0.5, 0.6) is 5.75 Å². The van der Waals surface area contributed by atoms with Crippen molar-refractivity contribution in [3.05, 3.63) is 29.8 Å². The zero-order valence-corrected chi connectivity index (χ0v) is 11.3. The third kappa shape index (κ3) is 6.32. The average molecular weight is 235 g/mol. The fourth-order valence-corrected chi connectivity index (χ4v) is 1.62. The topological polar surface area (TPSA) is 21.3 Å². The van der Waals surface area contributed by atoms with E-state index in [0.29, 0.717) is 6.04 Å². The third-order valence-corrected chi connectivity index (χ3v) is 2.93. The van der Waals surface area contributed by atoms with E-state index in [-0.39, 0.29) is 0 Å². The molecule has 0 heterocycles. The van der Waals surface area contributed by atoms with Gasteiger partial charge in [-0.05, 0) is 57.4 Å². The number of hydrogen-bond acceptors (Lipinski definition) is 2. The van der Waals surface area contributed by atoms with Crippen molar-refractivity contribution in [3.8, 4) is 5.75 Å². The van der Waals surface area contributed by atoms with Gasteiger partial charge in [0.1, 0.15) is 5.75 Å². The summed E-state index contributed by atoms with van der Waals surface area (Å²) in [5.74, 6) is 0.986. The highest BCUT2D eigenvalue weighted by Crippen LogP contribution is 2.12. The molecule has 0 radical (unpaired) electrons. The van der Waals surface area contributed by atoms with Crippen LogP contribution in [0.3, 0.4) is 0 Å². The van der Waals surface area contributed by atoms with Gasteiger partial charge >= 0.3 is 0 Å². The maximum Gasteiger partial charge on any atom is 0.119 e. The molecule has 0 aromatic heterocycles. The summed E-state index contributed by atoms with van der Waals surface area (Å²) in [6.45, 7) is 8.42. The molecule has 96 valence electrons. The van der Waals surface area contributed by atoms with Gasteiger partial charge in [0.2, 0.25) is 0 Å². The first-order valence-electron chi connectivity index (χ1n) is 6.65. The molecule has 0 aliphatic rings. The summed E-state index contributed by atoms with van der Waals surface area (Å²) in [7, 11) is 0. The molecule has 0 bridgehead atoms. The van der Waals surface area contributed by atoms with Crippen molar-refractivity contribution in [3.63, 3.8) is 0 Å². The van der Waals surface area contributed by atoms with E-state index in [4.69, 9.17) is 4.74 Å². The second-order valence-corrected chi connectivity index (χ2v) is 4.64. The first kappa shape index (κ1) is 14.0. The molecule has 17 heavy (non-hydrogen) atoms. The van der Waals surface area contributed by atoms with Crippen LogP contribution >= 0.6 is 0 Å². The summed E-state index contributed by atoms with van der Waals surface area (Å²) in [5.41, 5.74) is 1.25. The maximum absolute atomic E-state index is 5.69. The zero-order valence-electron chi connectivity index (χ0n) is 11.3. The van der Waals surface area contributed by atoms with E-state index in [0.717, 1.165) is 25.3 Å². The Kier molecular flexibility index (Phi) is 6.71. The summed E-state index contributed by atoms with van der Waals surface area (Å²) in [6, 6.07) is 8.85. The number of aryl methyl sites for hydroxylation is 1. The van der Waals surface area contributed by atoms with Gasteiger partial charge in [0.15, 0.2) is 0 Å². The van der Waals surface area contributed by atoms with Crippen LogP contribution in [0, 0.1) is 6.92 Å². The maximum atomic E-state index is 5.69. The van der Waals surface area contributed by atoms with E-state index in [1.165, 1.54) is 18.4 Å². The Bertz CT molecular complexity index is 312. The van der Waals surface area contributed by atoms with Gasteiger partial charge in [-0.2, -0.15) is 0 Å². The van der Waals surface area contributed by atoms with Gasteiger partial charge in [-0.3, -0.25) is 0 Å². The lowest BCUT2D eigenvalue weighted by molar-refractivity contribution is 0.304. The molecule has 1 atom stereocenters. The molecule has 1 rings (SSSR count). The summed E-state index contributed by atoms with van der Waals surface area (Å²) in [6.07, 6.45) is 3.48. The van der Waals surface area contributed by atoms with E-state index < -0.39 is 0 Å². The monoisotopic (exact) mass is 235 g/mol. The van der Waals surface area contributed by atoms with Gasteiger partial charge in [-0.25, -0.2) is 0 Å². The quantitative estimate of drug-likeness (QED) is 0.696. The van der Waals surface area contributed by atoms with Crippen molar-refractivity contribution in [1.82, 2.24) is 5.32 Å². The molecule has 2 heteroatoms. The number of rotatable bonds is 8. The molecule has 0 saturated carbocycles. The Morgan fingerprint density at radius 2 is 2.12 bits per heavy atom. The van der Waals surface area contributed by atoms with Gasteiger partial charge in [0, 0.05) is 6.04 Å². The Morgan fingerprint density at radius 3 is 2.82 bits per heavy atom. The molecule has 1 aromatic carbocycles. The van der Waals surface area contributed by atoms with Crippen LogP contribution in [0.25, 0.3) is 0 Å². The smallest absolute Gasteiger partial charge is 0.119 e. The molecule has 0 aliphatic carbocycles. The first-order chi connectivity index (χ1) is 8.22. The number of nitrogens with one attached hydrogen (secondary N) is 1. The molecule has 0 amide bonds. The fourth-order valence-electron chi connectivity index (χ4n) is 1.62. The van der Waals surface area contributed by atoms with Crippen molar-refractivity contribution in [2.75, 3.05) is 13.2 Å². The molecule has 0 saturated heterocycles. The Balaban J connectivity index is 2.05. The number of benzene rings is 1. The summed E-state index contributed by atoms with van der Waals surface area (Å²) < 4.78 is 5.69. The number of unbranched alkanes of at least 4 members (excludes halogenated alkanes) is 1. The second kappa shape index (κ2) is 8.13. The number of hydrogen-bond donors (Lipinski definition) is 1. The minimum atomic E-state index is 0.632. The highest BCUT2D eigenvalue weighted by molar-refractivity contribution is 5.27. The summed E-state index contributed by atoms with van der Waals surface area (Å²) >= 11 is 0. The van der Waals surface area contributed by atoms with Crippen LogP contribution in [0.2, 0.25) is 0 Å². The van der Waals surface area contributed by atoms with E-state index in [9.17, 15) is 0 Å². The molecular formula is C15H25NO. The Labute approximate surface area is 105 Å². The van der Waals surface area contributed by atoms with E-state index in [1.54, 1.807) is 0 Å². The van der Waals surface area contributed by atoms with Crippen LogP contribution in [-0.4, -0.2) is 19.2 Å². The predicted octanol–water partition coefficient (Wildman–Crippen LogP) is 3.54. The van der Waals surface area contributed by atoms with Crippen molar-refractivity contribution in [2.24, 2.45) is 0 Å². The Hall–Kier alpha value is -1.02. The van der Waals surface area contributed by atoms with Crippen LogP contribution in [-0.2, 0) is 0 Å². The predicted molar refractivity (Wildman–Crippen MR) is 73.7 cm³/mol. The number of ether oxygens (including phenoxy) is 1. The minimum Gasteiger partial charge on any atom is -0.494 e. The molecule has 1 unspecified atom stereocenters. The molecule has 1 N–H and O–H groups in total. The van der Waals surface area contributed by atoms with Crippen LogP contribution < -0.4 is 10.1 Å². The summed E-state index contributed by atoms with van der Waals surface area (Å²) in [4.78, 5) is 0. The van der Waals surface area contributed by atoms with Crippen LogP contribution in [0.4, 0.5) is 0 Å². The van der Waals surface area contributed by atoms with Crippen molar-refractivity contribution in [1.29, 1.82) is 0 Å². The molecular weight excluding hydrogens is 210 g/mol. The van der Waals surface area contributed by atoms with Crippen LogP contribution in [0.1, 0.15) is 38.7 Å². The van der Waals surface area contributed by atoms with Gasteiger partial charge < -0.3 is 10.1 Å². The van der Waals surface area contributed by atoms with Crippen LogP contribution in [0.15, 0.2) is 24.3 Å². The fraction of sp³-hybridized carbons (Fsp3) is 0.600. The second-order valence-electron chi connectivity index (χ2n) is 4.64. The lowest BCUT2D eigenvalue weighted by atomic mass is 10.2. The first-order valence-corrected chi connectivity index (χ1v) is 6.65. The van der Waals surface area contributed by atoms with E-state index in [2.05, 4.69) is 38.2 Å². The molecule has 1 aromatic rings. The lowest BCUT2D eigenvalue weighted by Gasteiger charge is -2.11. The van der Waals surface area contributed by atoms with Gasteiger partial charge in [-0.1, -0.05) is 19.1 Å². The van der Waals surface area contributed by atoms with Gasteiger partial charge in [-0.15, -0.1) is 0 Å². The highest BCUT2D eigenvalue weighted by atomic mass is 16.5. The molecule has 0 spiro atoms. The highest BCUT2D eigenvalue weighted by Gasteiger charge is 1.97. The minimum absolute atomic E-state index is 0.632. The molecule has 2 nitrogen and oxygen atoms in total. The van der Waals surface area contributed by atoms with Crippen molar-refractivity contribution < 1.29 is 4.74 Å². The molecule has 0 aliphatic heterocycles. The lowest BCUT2D eigenvalue weighted by Crippen LogP contribution is -2.26. The third-order valence-electron chi connectivity index (χ3n) is 2.93. The van der Waals surface area contributed by atoms with Crippen molar-refractivity contribution in [2.45, 2.75) is 46.1 Å². The van der Waals surface area contributed by atoms with Crippen molar-refractivity contribution >= 4 is 0 Å². The normalized spacial score (nSPS) is 12.4. The SMILES string of the molecule is CCC(C)NCCCCOc1cccc(C)c1. The summed E-state index contributed by atoms with van der Waals surface area (Å²) in [5, 5.41) is 3.48. The standard InChI is InChI=1S/C15H25NO/c1-4-14(3)16-10-5-6-11-17-15-9-7-8-13(2)12-15/h7-9,12,14,16H,4-6,10-11H2,1-3H3. The zero-order chi connectivity index (χ0) is 12.5. The largest absolute Gasteiger partial charge is 0.494 e. The van der Waals surface area contributed by atoms with E-state index >= 15 is 0 Å². The Morgan fingerprint density at radius 1 is 1.29 bits per heavy atom.